The van der Waals surface area contributed by atoms with E-state index in [1.54, 1.807) is 25.1 Å². The number of carbonyl (C=O) groups excluding carboxylic acids is 1. The molecule has 0 saturated heterocycles. The SMILES string of the molecule is Cc1ccc(NC(=O)c2nc(C3CC4CCC3C4)[nH]c2CCC23CC4CC(CC(C4)C2)C3)cc1C(=O)O. The van der Waals surface area contributed by atoms with Gasteiger partial charge in [-0.15, -0.1) is 0 Å². The molecule has 0 aliphatic heterocycles. The zero-order chi connectivity index (χ0) is 25.3. The van der Waals surface area contributed by atoms with Crippen molar-refractivity contribution < 1.29 is 14.7 Å². The maximum Gasteiger partial charge on any atom is 0.336 e. The summed E-state index contributed by atoms with van der Waals surface area (Å²) < 4.78 is 0. The van der Waals surface area contributed by atoms with Gasteiger partial charge in [-0.25, -0.2) is 9.78 Å². The summed E-state index contributed by atoms with van der Waals surface area (Å²) in [6.45, 7) is 1.77. The number of imidazole rings is 1. The Morgan fingerprint density at radius 1 is 1.03 bits per heavy atom. The first-order chi connectivity index (χ1) is 17.8. The highest BCUT2D eigenvalue weighted by molar-refractivity contribution is 6.04. The fraction of sp³-hybridized carbons (Fsp3) is 0.645. The molecule has 2 aromatic rings. The lowest BCUT2D eigenvalue weighted by atomic mass is 9.48. The molecule has 0 spiro atoms. The third-order valence-electron chi connectivity index (χ3n) is 10.9. The van der Waals surface area contributed by atoms with E-state index in [-0.39, 0.29) is 11.5 Å². The van der Waals surface area contributed by atoms with E-state index in [9.17, 15) is 14.7 Å². The zero-order valence-electron chi connectivity index (χ0n) is 21.9. The molecule has 1 aromatic heterocycles. The Hall–Kier alpha value is -2.63. The third kappa shape index (κ3) is 4.21. The van der Waals surface area contributed by atoms with Gasteiger partial charge in [-0.1, -0.05) is 12.5 Å². The summed E-state index contributed by atoms with van der Waals surface area (Å²) >= 11 is 0. The standard InChI is InChI=1S/C31H39N3O3/c1-17-2-5-23(13-24(17)30(36)37)32-29(35)27-26(33-28(34-27)25-12-18-3-4-22(25)11-18)6-7-31-14-19-8-20(15-31)10-21(9-19)16-31/h2,5,13,18-22,25H,3-4,6-12,14-16H2,1H3,(H,32,35)(H,33,34)(H,36,37). The van der Waals surface area contributed by atoms with Crippen LogP contribution in [0.3, 0.4) is 0 Å². The first-order valence-electron chi connectivity index (χ1n) is 14.6. The number of carboxylic acid groups (broad SMARTS) is 1. The molecule has 6 saturated carbocycles. The molecule has 6 aliphatic rings. The van der Waals surface area contributed by atoms with Gasteiger partial charge in [-0.2, -0.15) is 0 Å². The van der Waals surface area contributed by atoms with Gasteiger partial charge >= 0.3 is 5.97 Å². The Balaban J connectivity index is 1.15. The van der Waals surface area contributed by atoms with E-state index in [1.807, 2.05) is 0 Å². The van der Waals surface area contributed by atoms with Gasteiger partial charge in [0.25, 0.3) is 5.91 Å². The Kier molecular flexibility index (Phi) is 5.53. The Morgan fingerprint density at radius 3 is 2.38 bits per heavy atom. The van der Waals surface area contributed by atoms with Gasteiger partial charge in [0.15, 0.2) is 0 Å². The summed E-state index contributed by atoms with van der Waals surface area (Å²) in [7, 11) is 0. The number of fused-ring (bicyclic) bond motifs is 2. The van der Waals surface area contributed by atoms with Crippen molar-refractivity contribution >= 4 is 17.6 Å². The van der Waals surface area contributed by atoms with Gasteiger partial charge < -0.3 is 15.4 Å². The number of aryl methyl sites for hydroxylation is 2. The van der Waals surface area contributed by atoms with E-state index in [0.29, 0.717) is 34.2 Å². The number of hydrogen-bond donors (Lipinski definition) is 3. The van der Waals surface area contributed by atoms with Crippen molar-refractivity contribution in [1.29, 1.82) is 0 Å². The fourth-order valence-electron chi connectivity index (χ4n) is 9.66. The molecule has 0 radical (unpaired) electrons. The number of hydrogen-bond acceptors (Lipinski definition) is 3. The van der Waals surface area contributed by atoms with Crippen LogP contribution in [-0.4, -0.2) is 27.0 Å². The summed E-state index contributed by atoms with van der Waals surface area (Å²) in [6, 6.07) is 5.07. The van der Waals surface area contributed by atoms with Gasteiger partial charge in [-0.05, 0) is 130 Å². The number of amides is 1. The van der Waals surface area contributed by atoms with Crippen LogP contribution in [0.2, 0.25) is 0 Å². The number of aromatic nitrogens is 2. The van der Waals surface area contributed by atoms with Crippen molar-refractivity contribution in [2.75, 3.05) is 5.32 Å². The summed E-state index contributed by atoms with van der Waals surface area (Å²) in [5.74, 6) is 4.51. The summed E-state index contributed by atoms with van der Waals surface area (Å²) in [5.41, 5.74) is 3.35. The number of carboxylic acids is 1. The van der Waals surface area contributed by atoms with Crippen LogP contribution < -0.4 is 5.32 Å². The van der Waals surface area contributed by atoms with Crippen molar-refractivity contribution in [2.45, 2.75) is 89.9 Å². The maximum absolute atomic E-state index is 13.6. The number of H-pyrrole nitrogens is 1. The minimum absolute atomic E-state index is 0.213. The largest absolute Gasteiger partial charge is 0.478 e. The van der Waals surface area contributed by atoms with Gasteiger partial charge in [0.2, 0.25) is 0 Å². The van der Waals surface area contributed by atoms with Crippen molar-refractivity contribution in [1.82, 2.24) is 9.97 Å². The van der Waals surface area contributed by atoms with Gasteiger partial charge in [0, 0.05) is 17.3 Å². The van der Waals surface area contributed by atoms with Crippen LogP contribution in [0.5, 0.6) is 0 Å². The molecule has 6 bridgehead atoms. The highest BCUT2D eigenvalue weighted by Gasteiger charge is 2.50. The van der Waals surface area contributed by atoms with Crippen LogP contribution in [0.4, 0.5) is 5.69 Å². The number of aromatic amines is 1. The van der Waals surface area contributed by atoms with Gasteiger partial charge in [-0.3, -0.25) is 4.79 Å². The number of anilines is 1. The maximum atomic E-state index is 13.6. The fourth-order valence-corrected chi connectivity index (χ4v) is 9.66. The van der Waals surface area contributed by atoms with Gasteiger partial charge in [0.1, 0.15) is 11.5 Å². The molecule has 3 unspecified atom stereocenters. The van der Waals surface area contributed by atoms with E-state index >= 15 is 0 Å². The Morgan fingerprint density at radius 2 is 1.76 bits per heavy atom. The van der Waals surface area contributed by atoms with Crippen LogP contribution >= 0.6 is 0 Å². The average molecular weight is 502 g/mol. The van der Waals surface area contributed by atoms with Crippen LogP contribution in [0.1, 0.15) is 114 Å². The third-order valence-corrected chi connectivity index (χ3v) is 10.9. The molecule has 3 atom stereocenters. The number of nitrogens with zero attached hydrogens (tertiary/aromatic N) is 1. The average Bonchev–Trinajstić information content (AvgIpc) is 3.59. The number of aromatic carboxylic acids is 1. The predicted molar refractivity (Wildman–Crippen MR) is 142 cm³/mol. The second kappa shape index (κ2) is 8.71. The topological polar surface area (TPSA) is 95.1 Å². The smallest absolute Gasteiger partial charge is 0.336 e. The molecule has 1 heterocycles. The minimum Gasteiger partial charge on any atom is -0.478 e. The van der Waals surface area contributed by atoms with E-state index < -0.39 is 5.97 Å². The molecule has 6 aliphatic carbocycles. The normalized spacial score (nSPS) is 35.3. The molecule has 3 N–H and O–H groups in total. The first-order valence-corrected chi connectivity index (χ1v) is 14.6. The lowest BCUT2D eigenvalue weighted by molar-refractivity contribution is -0.0570. The number of benzene rings is 1. The molecular weight excluding hydrogens is 462 g/mol. The summed E-state index contributed by atoms with van der Waals surface area (Å²) in [5, 5.41) is 12.5. The number of carbonyl (C=O) groups is 2. The monoisotopic (exact) mass is 501 g/mol. The first kappa shape index (κ1) is 23.5. The molecule has 6 fully saturated rings. The van der Waals surface area contributed by atoms with Crippen LogP contribution in [0, 0.1) is 41.9 Å². The van der Waals surface area contributed by atoms with E-state index in [1.165, 1.54) is 64.2 Å². The molecule has 37 heavy (non-hydrogen) atoms. The van der Waals surface area contributed by atoms with Crippen LogP contribution in [0.15, 0.2) is 18.2 Å². The molecule has 1 amide bonds. The molecular formula is C31H39N3O3. The van der Waals surface area contributed by atoms with Crippen molar-refractivity contribution in [2.24, 2.45) is 35.0 Å². The van der Waals surface area contributed by atoms with Crippen LogP contribution in [-0.2, 0) is 6.42 Å². The van der Waals surface area contributed by atoms with Gasteiger partial charge in [0.05, 0.1) is 5.56 Å². The van der Waals surface area contributed by atoms with E-state index in [2.05, 4.69) is 10.3 Å². The van der Waals surface area contributed by atoms with Crippen LogP contribution in [0.25, 0.3) is 0 Å². The van der Waals surface area contributed by atoms with Crippen molar-refractivity contribution in [3.8, 4) is 0 Å². The number of rotatable bonds is 7. The second-order valence-electron chi connectivity index (χ2n) is 13.4. The Bertz CT molecular complexity index is 1210. The summed E-state index contributed by atoms with van der Waals surface area (Å²) in [6.07, 6.45) is 15.6. The van der Waals surface area contributed by atoms with E-state index in [0.717, 1.165) is 48.0 Å². The van der Waals surface area contributed by atoms with Crippen molar-refractivity contribution in [3.05, 3.63) is 46.5 Å². The molecule has 6 nitrogen and oxygen atoms in total. The minimum atomic E-state index is -0.983. The highest BCUT2D eigenvalue weighted by Crippen LogP contribution is 2.61. The Labute approximate surface area is 219 Å². The lowest BCUT2D eigenvalue weighted by Crippen LogP contribution is -2.46. The molecule has 8 rings (SSSR count). The molecule has 6 heteroatoms. The quantitative estimate of drug-likeness (QED) is 0.392. The predicted octanol–water partition coefficient (Wildman–Crippen LogP) is 6.72. The van der Waals surface area contributed by atoms with E-state index in [4.69, 9.17) is 4.98 Å². The molecule has 1 aromatic carbocycles. The summed E-state index contributed by atoms with van der Waals surface area (Å²) in [4.78, 5) is 33.8. The zero-order valence-corrected chi connectivity index (χ0v) is 21.9. The second-order valence-corrected chi connectivity index (χ2v) is 13.4. The highest BCUT2D eigenvalue weighted by atomic mass is 16.4. The van der Waals surface area contributed by atoms with Crippen molar-refractivity contribution in [3.63, 3.8) is 0 Å². The number of nitrogens with one attached hydrogen (secondary N) is 2. The lowest BCUT2D eigenvalue weighted by Gasteiger charge is -2.57. The molecule has 196 valence electrons.